The lowest BCUT2D eigenvalue weighted by Gasteiger charge is -1.71. The maximum Gasteiger partial charge on any atom is 0.384 e. The molecular weight excluding hydrogens is 132 g/mol. The average Bonchev–Trinajstić information content (AvgIpc) is 2.33. The molecule has 0 amide bonds. The van der Waals surface area contributed by atoms with Crippen LogP contribution in [0.4, 0.5) is 0 Å². The van der Waals surface area contributed by atoms with Gasteiger partial charge in [0.15, 0.2) is 0 Å². The molecule has 44 valence electrons. The molecule has 0 saturated heterocycles. The lowest BCUT2D eigenvalue weighted by Crippen LogP contribution is -1.57. The molecule has 1 aromatic heterocycles. The van der Waals surface area contributed by atoms with E-state index in [4.69, 9.17) is 3.85 Å². The lowest BCUT2D eigenvalue weighted by molar-refractivity contribution is 0.751. The maximum absolute atomic E-state index is 5.16. The van der Waals surface area contributed by atoms with Gasteiger partial charge in [0.2, 0.25) is 0 Å². The van der Waals surface area contributed by atoms with Crippen molar-refractivity contribution in [1.29, 1.82) is 0 Å². The predicted octanol–water partition coefficient (Wildman–Crippen LogP) is 2.78. The molecule has 1 aromatic carbocycles. The third kappa shape index (κ3) is 0.715. The predicted molar refractivity (Wildman–Crippen MR) is 38.5 cm³/mol. The van der Waals surface area contributed by atoms with Crippen LogP contribution >= 0.6 is 11.6 Å². The Morgan fingerprint density at radius 3 is 3.00 bits per heavy atom. The van der Waals surface area contributed by atoms with Crippen LogP contribution in [0.3, 0.4) is 0 Å². The summed E-state index contributed by atoms with van der Waals surface area (Å²) in [6, 6.07) is 7.98. The molecule has 1 nitrogen and oxygen atoms in total. The molecule has 0 radical (unpaired) electrons. The van der Waals surface area contributed by atoms with Crippen LogP contribution in [0, 0.1) is 0 Å². The quantitative estimate of drug-likeness (QED) is 0.508. The van der Waals surface area contributed by atoms with Gasteiger partial charge in [0.25, 0.3) is 0 Å². The van der Waals surface area contributed by atoms with Crippen molar-refractivity contribution in [3.05, 3.63) is 29.6 Å². The summed E-state index contributed by atoms with van der Waals surface area (Å²) in [6.07, 6.45) is 0. The van der Waals surface area contributed by atoms with E-state index < -0.39 is 0 Å². The highest BCUT2D eigenvalue weighted by molar-refractivity contribution is 7.02. The summed E-state index contributed by atoms with van der Waals surface area (Å²) in [6.45, 7) is 0. The van der Waals surface area contributed by atoms with E-state index in [2.05, 4.69) is 0 Å². The Kier molecular flexibility index (Phi) is 0.993. The van der Waals surface area contributed by atoms with Gasteiger partial charge in [0, 0.05) is 6.07 Å². The highest BCUT2D eigenvalue weighted by Crippen LogP contribution is 2.17. The second-order valence-corrected chi connectivity index (χ2v) is 2.43. The molecule has 9 heavy (non-hydrogen) atoms. The molecule has 1 heterocycles. The minimum atomic E-state index is 0.975. The van der Waals surface area contributed by atoms with Crippen molar-refractivity contribution >= 4 is 22.6 Å². The molecule has 0 saturated carbocycles. The van der Waals surface area contributed by atoms with Crippen molar-refractivity contribution < 1.29 is 3.85 Å². The van der Waals surface area contributed by atoms with Gasteiger partial charge in [0.1, 0.15) is 5.38 Å². The molecule has 0 atom stereocenters. The second kappa shape index (κ2) is 1.81. The van der Waals surface area contributed by atoms with Crippen LogP contribution in [-0.2, 0) is 0 Å². The Labute approximate surface area is 56.8 Å². The summed E-state index contributed by atoms with van der Waals surface area (Å²) in [4.78, 5) is 0. The van der Waals surface area contributed by atoms with Gasteiger partial charge in [-0.25, -0.2) is 0 Å². The van der Waals surface area contributed by atoms with Crippen LogP contribution < -0.4 is 0 Å². The molecule has 2 rings (SSSR count). The van der Waals surface area contributed by atoms with E-state index in [1.54, 1.807) is 0 Å². The van der Waals surface area contributed by atoms with E-state index in [0.717, 1.165) is 5.58 Å². The van der Waals surface area contributed by atoms with Gasteiger partial charge in [0.05, 0.1) is 5.39 Å². The van der Waals surface area contributed by atoms with Crippen LogP contribution in [0.15, 0.2) is 33.5 Å². The van der Waals surface area contributed by atoms with E-state index in [9.17, 15) is 0 Å². The molecule has 0 aliphatic heterocycles. The molecule has 0 fully saturated rings. The Morgan fingerprint density at radius 2 is 2.11 bits per heavy atom. The van der Waals surface area contributed by atoms with Crippen LogP contribution in [0.25, 0.3) is 11.0 Å². The van der Waals surface area contributed by atoms with E-state index in [1.807, 2.05) is 29.6 Å². The third-order valence-corrected chi connectivity index (χ3v) is 1.86. The summed E-state index contributed by atoms with van der Waals surface area (Å²) in [5, 5.41) is 3.18. The average molecular weight is 137 g/mol. The van der Waals surface area contributed by atoms with Gasteiger partial charge < -0.3 is 0 Å². The fraction of sp³-hybridized carbons (Fsp3) is 0. The molecule has 0 aliphatic carbocycles. The normalized spacial score (nSPS) is 10.2. The van der Waals surface area contributed by atoms with Crippen LogP contribution in [0.5, 0.6) is 0 Å². The molecule has 0 spiro atoms. The molecular formula is C7H5OS+. The van der Waals surface area contributed by atoms with E-state index >= 15 is 0 Å². The smallest absolute Gasteiger partial charge is 0.135 e. The van der Waals surface area contributed by atoms with E-state index in [0.29, 0.717) is 0 Å². The SMILES string of the molecule is c1ccc2[o+]scc2c1. The van der Waals surface area contributed by atoms with Gasteiger partial charge in [-0.15, -0.1) is 3.85 Å². The highest BCUT2D eigenvalue weighted by atomic mass is 32.1. The summed E-state index contributed by atoms with van der Waals surface area (Å²) in [5.74, 6) is 0. The number of benzene rings is 1. The van der Waals surface area contributed by atoms with Gasteiger partial charge in [-0.2, -0.15) is 0 Å². The Bertz CT molecular complexity index is 283. The maximum atomic E-state index is 5.16. The lowest BCUT2D eigenvalue weighted by atomic mass is 10.3. The standard InChI is InChI=1S/C7H5OS/c1-2-4-7-6(3-1)5-9-8-7/h1-5H/q+1. The zero-order valence-corrected chi connectivity index (χ0v) is 5.52. The minimum absolute atomic E-state index is 0.975. The Hall–Kier alpha value is -0.890. The van der Waals surface area contributed by atoms with Crippen LogP contribution in [-0.4, -0.2) is 0 Å². The van der Waals surface area contributed by atoms with Crippen molar-refractivity contribution in [3.8, 4) is 0 Å². The van der Waals surface area contributed by atoms with Gasteiger partial charge in [-0.1, -0.05) is 12.1 Å². The van der Waals surface area contributed by atoms with Gasteiger partial charge >= 0.3 is 17.2 Å². The van der Waals surface area contributed by atoms with Gasteiger partial charge in [-0.05, 0) is 6.07 Å². The number of para-hydroxylation sites is 1. The fourth-order valence-corrected chi connectivity index (χ4v) is 1.38. The zero-order chi connectivity index (χ0) is 6.10. The summed E-state index contributed by atoms with van der Waals surface area (Å²) in [7, 11) is 0. The Balaban J connectivity index is 2.95. The summed E-state index contributed by atoms with van der Waals surface area (Å²) >= 11 is 1.38. The van der Waals surface area contributed by atoms with E-state index in [1.165, 1.54) is 17.0 Å². The van der Waals surface area contributed by atoms with Crippen molar-refractivity contribution in [2.75, 3.05) is 0 Å². The molecule has 0 aliphatic rings. The third-order valence-electron chi connectivity index (χ3n) is 1.23. The minimum Gasteiger partial charge on any atom is -0.135 e. The molecule has 0 N–H and O–H groups in total. The van der Waals surface area contributed by atoms with Crippen molar-refractivity contribution in [2.45, 2.75) is 0 Å². The van der Waals surface area contributed by atoms with Crippen LogP contribution in [0.2, 0.25) is 0 Å². The summed E-state index contributed by atoms with van der Waals surface area (Å²) < 4.78 is 5.16. The molecule has 0 bridgehead atoms. The fourth-order valence-electron chi connectivity index (χ4n) is 0.782. The van der Waals surface area contributed by atoms with Gasteiger partial charge in [-0.3, -0.25) is 0 Å². The molecule has 2 heteroatoms. The van der Waals surface area contributed by atoms with Crippen molar-refractivity contribution in [3.63, 3.8) is 0 Å². The first-order chi connectivity index (χ1) is 4.47. The van der Waals surface area contributed by atoms with Crippen molar-refractivity contribution in [1.82, 2.24) is 0 Å². The van der Waals surface area contributed by atoms with Crippen molar-refractivity contribution in [2.24, 2.45) is 0 Å². The first kappa shape index (κ1) is 4.94. The number of hydrogen-bond donors (Lipinski definition) is 0. The number of hydrogen-bond acceptors (Lipinski definition) is 1. The first-order valence-electron chi connectivity index (χ1n) is 2.72. The second-order valence-electron chi connectivity index (χ2n) is 1.84. The summed E-state index contributed by atoms with van der Waals surface area (Å²) in [5.41, 5.74) is 0.975. The Morgan fingerprint density at radius 1 is 1.22 bits per heavy atom. The first-order valence-corrected chi connectivity index (χ1v) is 3.53. The highest BCUT2D eigenvalue weighted by Gasteiger charge is 2.04. The monoisotopic (exact) mass is 137 g/mol. The largest absolute Gasteiger partial charge is 0.384 e. The number of fused-ring (bicyclic) bond motifs is 1. The zero-order valence-electron chi connectivity index (χ0n) is 4.70. The molecule has 2 aromatic rings. The molecule has 0 unspecified atom stereocenters. The van der Waals surface area contributed by atoms with E-state index in [-0.39, 0.29) is 0 Å². The topological polar surface area (TPSA) is 11.3 Å². The van der Waals surface area contributed by atoms with Crippen LogP contribution in [0.1, 0.15) is 0 Å². The number of rotatable bonds is 0.